The highest BCUT2D eigenvalue weighted by atomic mass is 32.2. The summed E-state index contributed by atoms with van der Waals surface area (Å²) in [7, 11) is -4.78. The molecule has 2 aromatic carbocycles. The number of hydrogen-bond acceptors (Lipinski definition) is 9. The van der Waals surface area contributed by atoms with Crippen molar-refractivity contribution in [2.45, 2.75) is 17.5 Å². The average molecular weight is 629 g/mol. The number of sulfonamides is 1. The van der Waals surface area contributed by atoms with Crippen LogP contribution in [0.4, 0.5) is 16.0 Å². The van der Waals surface area contributed by atoms with E-state index in [2.05, 4.69) is 26.5 Å². The maximum Gasteiger partial charge on any atom is 0.260 e. The Morgan fingerprint density at radius 3 is 2.51 bits per heavy atom. The van der Waals surface area contributed by atoms with E-state index < -0.39 is 30.9 Å². The van der Waals surface area contributed by atoms with E-state index in [1.807, 2.05) is 24.3 Å². The summed E-state index contributed by atoms with van der Waals surface area (Å²) in [5.41, 5.74) is 1.47. The number of nitrogens with zero attached hydrogens (tertiary/aromatic N) is 4. The average Bonchev–Trinajstić information content (AvgIpc) is 2.96. The summed E-state index contributed by atoms with van der Waals surface area (Å²) >= 11 is 0. The molecule has 0 radical (unpaired) electrons. The van der Waals surface area contributed by atoms with Crippen LogP contribution in [0.1, 0.15) is 11.7 Å². The molecule has 0 bridgehead atoms. The van der Waals surface area contributed by atoms with Crippen molar-refractivity contribution in [3.8, 4) is 11.1 Å². The predicted molar refractivity (Wildman–Crippen MR) is 167 cm³/mol. The summed E-state index contributed by atoms with van der Waals surface area (Å²) in [6, 6.07) is 13.1. The smallest absolute Gasteiger partial charge is 0.260 e. The van der Waals surface area contributed by atoms with E-state index in [9.17, 15) is 17.4 Å². The van der Waals surface area contributed by atoms with Crippen molar-refractivity contribution in [3.63, 3.8) is 0 Å². The third kappa shape index (κ3) is 6.94. The van der Waals surface area contributed by atoms with Gasteiger partial charge >= 0.3 is 0 Å². The van der Waals surface area contributed by atoms with Gasteiger partial charge in [-0.05, 0) is 51.3 Å². The second kappa shape index (κ2) is 12.1. The molecular formula is C29H33FN6O5S2. The van der Waals surface area contributed by atoms with Gasteiger partial charge in [0.05, 0.1) is 24.5 Å². The zero-order valence-corrected chi connectivity index (χ0v) is 25.7. The molecule has 0 spiro atoms. The largest absolute Gasteiger partial charge is 0.371 e. The van der Waals surface area contributed by atoms with E-state index in [4.69, 9.17) is 4.74 Å². The summed E-state index contributed by atoms with van der Waals surface area (Å²) in [5.74, 6) is 3.08. The van der Waals surface area contributed by atoms with Gasteiger partial charge < -0.3 is 15.4 Å². The highest BCUT2D eigenvalue weighted by molar-refractivity contribution is 7.99. The first-order valence-electron chi connectivity index (χ1n) is 13.4. The molecule has 14 heteroatoms. The van der Waals surface area contributed by atoms with Gasteiger partial charge in [-0.1, -0.05) is 18.2 Å². The third-order valence-corrected chi connectivity index (χ3v) is 9.79. The number of benzene rings is 2. The number of ether oxygens (including phenoxy) is 1. The van der Waals surface area contributed by atoms with Crippen LogP contribution in [0.25, 0.3) is 22.2 Å². The molecule has 0 saturated carbocycles. The van der Waals surface area contributed by atoms with Crippen molar-refractivity contribution in [1.82, 2.24) is 24.2 Å². The van der Waals surface area contributed by atoms with Crippen LogP contribution in [0.2, 0.25) is 0 Å². The van der Waals surface area contributed by atoms with Gasteiger partial charge in [0.2, 0.25) is 16.0 Å². The van der Waals surface area contributed by atoms with E-state index in [1.54, 1.807) is 0 Å². The second-order valence-corrected chi connectivity index (χ2v) is 15.1. The van der Waals surface area contributed by atoms with Crippen LogP contribution in [0.15, 0.2) is 64.4 Å². The highest BCUT2D eigenvalue weighted by Gasteiger charge is 2.20. The zero-order chi connectivity index (χ0) is 30.9. The fourth-order valence-corrected chi connectivity index (χ4v) is 5.82. The van der Waals surface area contributed by atoms with Crippen molar-refractivity contribution in [1.29, 1.82) is 0 Å². The fraction of sp³-hybridized carbons (Fsp3) is 0.310. The summed E-state index contributed by atoms with van der Waals surface area (Å²) < 4.78 is 59.9. The predicted octanol–water partition coefficient (Wildman–Crippen LogP) is 2.60. The molecule has 1 aliphatic heterocycles. The minimum atomic E-state index is -3.52. The molecule has 1 saturated heterocycles. The Hall–Kier alpha value is -3.69. The summed E-state index contributed by atoms with van der Waals surface area (Å²) in [6.45, 7) is 2.14. The van der Waals surface area contributed by atoms with Crippen molar-refractivity contribution in [2.75, 3.05) is 51.1 Å². The monoisotopic (exact) mass is 628 g/mol. The van der Waals surface area contributed by atoms with Crippen LogP contribution in [-0.4, -0.2) is 83.1 Å². The van der Waals surface area contributed by atoms with Gasteiger partial charge in [0.1, 0.15) is 11.5 Å². The third-order valence-electron chi connectivity index (χ3n) is 7.23. The Morgan fingerprint density at radius 2 is 1.88 bits per heavy atom. The van der Waals surface area contributed by atoms with Crippen LogP contribution in [0.3, 0.4) is 0 Å². The van der Waals surface area contributed by atoms with Crippen molar-refractivity contribution >= 4 is 48.1 Å². The van der Waals surface area contributed by atoms with E-state index in [0.717, 1.165) is 35.3 Å². The van der Waals surface area contributed by atoms with Gasteiger partial charge in [0.15, 0.2) is 0 Å². The van der Waals surface area contributed by atoms with E-state index in [0.29, 0.717) is 17.7 Å². The quantitative estimate of drug-likeness (QED) is 0.268. The summed E-state index contributed by atoms with van der Waals surface area (Å²) in [5, 5.41) is 6.89. The van der Waals surface area contributed by atoms with Crippen molar-refractivity contribution in [2.24, 2.45) is 0 Å². The van der Waals surface area contributed by atoms with Crippen LogP contribution in [-0.2, 0) is 30.8 Å². The molecule has 2 N–H and O–H groups in total. The standard InChI is InChI=1S/C29H33FN6O5S2/c1-35(43(4,39)40)12-13-36-27-20(15-24(28(36)37)23-10-9-22(16-25(23)30)42(2,3)38)17-32-29(34-27)33-21-7-5-19(6-8-21)26-18-31-11-14-41-26/h5-10,15-17,26,31H,2,11-14,18H2,1,3-4H3,(H,32,33,34). The molecule has 0 aliphatic carbocycles. The summed E-state index contributed by atoms with van der Waals surface area (Å²) in [4.78, 5) is 23.0. The molecule has 5 rings (SSSR count). The van der Waals surface area contributed by atoms with Gasteiger partial charge in [0.25, 0.3) is 5.56 Å². The lowest BCUT2D eigenvalue weighted by Crippen LogP contribution is -2.33. The number of fused-ring (bicyclic) bond motifs is 1. The Kier molecular flexibility index (Phi) is 8.68. The Labute approximate surface area is 249 Å². The molecule has 228 valence electrons. The minimum absolute atomic E-state index is 0.00366. The lowest BCUT2D eigenvalue weighted by atomic mass is 10.1. The van der Waals surface area contributed by atoms with E-state index in [1.165, 1.54) is 42.3 Å². The molecule has 11 nitrogen and oxygen atoms in total. The molecule has 2 unspecified atom stereocenters. The van der Waals surface area contributed by atoms with Crippen LogP contribution in [0, 0.1) is 5.82 Å². The van der Waals surface area contributed by atoms with Gasteiger partial charge in [-0.25, -0.2) is 22.1 Å². The number of anilines is 2. The number of hydrogen-bond donors (Lipinski definition) is 2. The highest BCUT2D eigenvalue weighted by Crippen LogP contribution is 2.27. The SMILES string of the molecule is C=S(C)(=O)c1ccc(-c2cc3cnc(Nc4ccc(C5CNCCO5)cc4)nc3n(CCN(C)S(C)(=O)=O)c2=O)c(F)c1. The number of pyridine rings is 1. The van der Waals surface area contributed by atoms with Crippen molar-refractivity contribution < 1.29 is 21.8 Å². The minimum Gasteiger partial charge on any atom is -0.371 e. The number of rotatable bonds is 9. The molecule has 1 fully saturated rings. The van der Waals surface area contributed by atoms with Gasteiger partial charge in [-0.3, -0.25) is 13.6 Å². The topological polar surface area (TPSA) is 136 Å². The number of halogens is 1. The lowest BCUT2D eigenvalue weighted by Gasteiger charge is -2.24. The lowest BCUT2D eigenvalue weighted by molar-refractivity contribution is 0.0277. The Balaban J connectivity index is 1.53. The number of nitrogens with one attached hydrogen (secondary N) is 2. The Morgan fingerprint density at radius 1 is 1.14 bits per heavy atom. The first-order chi connectivity index (χ1) is 20.3. The number of morpholine rings is 1. The van der Waals surface area contributed by atoms with E-state index in [-0.39, 0.29) is 46.8 Å². The van der Waals surface area contributed by atoms with Crippen molar-refractivity contribution in [3.05, 3.63) is 76.5 Å². The van der Waals surface area contributed by atoms with Gasteiger partial charge in [-0.15, -0.1) is 0 Å². The Bertz CT molecular complexity index is 1940. The van der Waals surface area contributed by atoms with Crippen LogP contribution >= 0.6 is 0 Å². The van der Waals surface area contributed by atoms with Gasteiger partial charge in [0, 0.05) is 67.2 Å². The zero-order valence-electron chi connectivity index (χ0n) is 24.0. The molecule has 2 aromatic heterocycles. The number of aromatic nitrogens is 3. The molecule has 4 aromatic rings. The first kappa shape index (κ1) is 30.8. The van der Waals surface area contributed by atoms with Gasteiger partial charge in [-0.2, -0.15) is 4.98 Å². The molecule has 2 atom stereocenters. The first-order valence-corrected chi connectivity index (χ1v) is 17.4. The molecule has 0 amide bonds. The fourth-order valence-electron chi connectivity index (χ4n) is 4.70. The maximum absolute atomic E-state index is 15.3. The molecule has 43 heavy (non-hydrogen) atoms. The normalized spacial score (nSPS) is 17.2. The maximum atomic E-state index is 15.3. The molecule has 3 heterocycles. The van der Waals surface area contributed by atoms with Crippen LogP contribution < -0.4 is 16.2 Å². The number of likely N-dealkylation sites (N-methyl/N-ethyl adjacent to an activating group) is 1. The second-order valence-electron chi connectivity index (χ2n) is 10.5. The summed E-state index contributed by atoms with van der Waals surface area (Å²) in [6.07, 6.45) is 3.96. The molecule has 1 aliphatic rings. The van der Waals surface area contributed by atoms with E-state index >= 15 is 4.39 Å². The van der Waals surface area contributed by atoms with Crippen LogP contribution in [0.5, 0.6) is 0 Å². The molecular weight excluding hydrogens is 595 g/mol.